The Bertz CT molecular complexity index is 325. The fourth-order valence-corrected chi connectivity index (χ4v) is 15.8. The van der Waals surface area contributed by atoms with Gasteiger partial charge in [0, 0.05) is 11.2 Å². The highest BCUT2D eigenvalue weighted by Crippen LogP contribution is 2.31. The second-order valence-electron chi connectivity index (χ2n) is 8.77. The SMILES string of the molecule is C[Si](C)(C)C(C(N)=O)[Si](C)(C)C.C[Si](C)(C)CC(N)=O. The highest BCUT2D eigenvalue weighted by molar-refractivity contribution is 7.00. The van der Waals surface area contributed by atoms with Gasteiger partial charge in [0.15, 0.2) is 0 Å². The van der Waals surface area contributed by atoms with Crippen LogP contribution in [0, 0.1) is 0 Å². The molecule has 0 aliphatic carbocycles. The predicted molar refractivity (Wildman–Crippen MR) is 97.0 cm³/mol. The molecule has 2 amide bonds. The molecule has 0 aliphatic heterocycles. The fourth-order valence-electron chi connectivity index (χ4n) is 2.68. The van der Waals surface area contributed by atoms with Gasteiger partial charge in [-0.1, -0.05) is 58.9 Å². The average molecular weight is 335 g/mol. The van der Waals surface area contributed by atoms with Gasteiger partial charge in [0.25, 0.3) is 0 Å². The van der Waals surface area contributed by atoms with Crippen LogP contribution in [0.3, 0.4) is 0 Å². The van der Waals surface area contributed by atoms with Crippen molar-refractivity contribution >= 4 is 36.0 Å². The number of rotatable bonds is 5. The van der Waals surface area contributed by atoms with E-state index in [4.69, 9.17) is 11.5 Å². The molecule has 0 unspecified atom stereocenters. The van der Waals surface area contributed by atoms with E-state index in [0.29, 0.717) is 6.04 Å². The van der Waals surface area contributed by atoms with Crippen molar-refractivity contribution in [3.8, 4) is 0 Å². The highest BCUT2D eigenvalue weighted by Gasteiger charge is 2.41. The van der Waals surface area contributed by atoms with Gasteiger partial charge < -0.3 is 11.5 Å². The molecule has 0 aliphatic rings. The van der Waals surface area contributed by atoms with Crippen LogP contribution in [0.4, 0.5) is 0 Å². The lowest BCUT2D eigenvalue weighted by atomic mass is 10.7. The first kappa shape index (κ1) is 21.9. The van der Waals surface area contributed by atoms with Gasteiger partial charge in [-0.25, -0.2) is 0 Å². The molecule has 20 heavy (non-hydrogen) atoms. The van der Waals surface area contributed by atoms with E-state index in [1.165, 1.54) is 0 Å². The summed E-state index contributed by atoms with van der Waals surface area (Å²) < 4.78 is 0. The van der Waals surface area contributed by atoms with Crippen LogP contribution in [0.1, 0.15) is 0 Å². The monoisotopic (exact) mass is 334 g/mol. The third-order valence-corrected chi connectivity index (χ3v) is 13.4. The second-order valence-corrected chi connectivity index (χ2v) is 25.4. The van der Waals surface area contributed by atoms with Crippen molar-refractivity contribution in [2.45, 2.75) is 70.1 Å². The molecule has 0 saturated heterocycles. The minimum absolute atomic E-state index is 0.0756. The first-order valence-electron chi connectivity index (χ1n) is 7.06. The van der Waals surface area contributed by atoms with Gasteiger partial charge in [0.05, 0.1) is 24.2 Å². The Hall–Kier alpha value is -0.409. The zero-order valence-corrected chi connectivity index (χ0v) is 17.8. The molecule has 0 spiro atoms. The van der Waals surface area contributed by atoms with Crippen LogP contribution >= 0.6 is 0 Å². The number of carbonyl (C=O) groups is 2. The molecule has 0 heterocycles. The summed E-state index contributed by atoms with van der Waals surface area (Å²) in [6, 6.07) is 0.604. The molecule has 0 aromatic rings. The Balaban J connectivity index is 0. The standard InChI is InChI=1S/C8H21NOSi2.C5H13NOSi/c1-11(2,3)8(7(9)10)12(4,5)6;1-8(2,3)4-5(6)7/h8H,1-6H3,(H2,9,10);4H2,1-3H3,(H2,6,7). The smallest absolute Gasteiger partial charge is 0.215 e. The molecule has 0 atom stereocenters. The Morgan fingerprint density at radius 1 is 0.800 bits per heavy atom. The van der Waals surface area contributed by atoms with E-state index in [-0.39, 0.29) is 17.0 Å². The first-order valence-corrected chi connectivity index (χ1v) is 17.9. The van der Waals surface area contributed by atoms with Crippen LogP contribution in [-0.4, -0.2) is 36.0 Å². The number of hydrogen-bond donors (Lipinski definition) is 2. The van der Waals surface area contributed by atoms with Crippen molar-refractivity contribution in [2.24, 2.45) is 11.5 Å². The molecule has 0 radical (unpaired) electrons. The summed E-state index contributed by atoms with van der Waals surface area (Å²) in [5.74, 6) is -0.238. The van der Waals surface area contributed by atoms with Crippen LogP contribution in [0.5, 0.6) is 0 Å². The molecule has 0 fully saturated rings. The highest BCUT2D eigenvalue weighted by atomic mass is 28.4. The second kappa shape index (κ2) is 7.56. The molecule has 0 aromatic heterocycles. The molecule has 7 heteroatoms. The summed E-state index contributed by atoms with van der Waals surface area (Å²) in [6.45, 7) is 19.7. The maximum Gasteiger partial charge on any atom is 0.215 e. The van der Waals surface area contributed by atoms with E-state index >= 15 is 0 Å². The lowest BCUT2D eigenvalue weighted by Crippen LogP contribution is -2.50. The molecule has 0 saturated carbocycles. The number of amides is 2. The zero-order valence-electron chi connectivity index (χ0n) is 14.8. The zero-order chi connectivity index (χ0) is 16.9. The van der Waals surface area contributed by atoms with Crippen LogP contribution in [0.25, 0.3) is 0 Å². The van der Waals surface area contributed by atoms with E-state index < -0.39 is 24.2 Å². The quantitative estimate of drug-likeness (QED) is 0.757. The van der Waals surface area contributed by atoms with E-state index in [2.05, 4.69) is 58.9 Å². The molecule has 120 valence electrons. The Kier molecular flexibility index (Phi) is 8.27. The first-order chi connectivity index (χ1) is 8.48. The normalized spacial score (nSPS) is 12.7. The summed E-state index contributed by atoms with van der Waals surface area (Å²) in [5.41, 5.74) is 10.4. The third kappa shape index (κ3) is 11.4. The number of nitrogens with two attached hydrogens (primary N) is 2. The van der Waals surface area contributed by atoms with Crippen LogP contribution < -0.4 is 11.5 Å². The average Bonchev–Trinajstić information content (AvgIpc) is 1.89. The molecular formula is C13H34N2O2Si3. The van der Waals surface area contributed by atoms with Crippen LogP contribution in [0.15, 0.2) is 0 Å². The van der Waals surface area contributed by atoms with Gasteiger partial charge in [-0.15, -0.1) is 0 Å². The van der Waals surface area contributed by atoms with E-state index in [1.807, 2.05) is 0 Å². The largest absolute Gasteiger partial charge is 0.370 e. The van der Waals surface area contributed by atoms with Crippen molar-refractivity contribution in [2.75, 3.05) is 0 Å². The van der Waals surface area contributed by atoms with Crippen molar-refractivity contribution in [1.82, 2.24) is 0 Å². The maximum atomic E-state index is 11.3. The van der Waals surface area contributed by atoms with Crippen LogP contribution in [0.2, 0.25) is 70.1 Å². The maximum absolute atomic E-state index is 11.3. The van der Waals surface area contributed by atoms with Crippen LogP contribution in [-0.2, 0) is 9.59 Å². The minimum atomic E-state index is -1.40. The lowest BCUT2D eigenvalue weighted by Gasteiger charge is -2.35. The topological polar surface area (TPSA) is 86.2 Å². The Morgan fingerprint density at radius 3 is 1.10 bits per heavy atom. The van der Waals surface area contributed by atoms with Crippen molar-refractivity contribution in [3.05, 3.63) is 0 Å². The number of primary amides is 2. The lowest BCUT2D eigenvalue weighted by molar-refractivity contribution is -0.117. The minimum Gasteiger partial charge on any atom is -0.370 e. The van der Waals surface area contributed by atoms with Gasteiger partial charge in [0.2, 0.25) is 11.8 Å². The van der Waals surface area contributed by atoms with Gasteiger partial charge in [-0.05, 0) is 0 Å². The van der Waals surface area contributed by atoms with Gasteiger partial charge >= 0.3 is 0 Å². The predicted octanol–water partition coefficient (Wildman–Crippen LogP) is 2.87. The number of hydrogen-bond acceptors (Lipinski definition) is 2. The van der Waals surface area contributed by atoms with Crippen molar-refractivity contribution < 1.29 is 9.59 Å². The van der Waals surface area contributed by atoms with Gasteiger partial charge in [0.1, 0.15) is 0 Å². The summed E-state index contributed by atoms with van der Waals surface area (Å²) >= 11 is 0. The molecule has 4 nitrogen and oxygen atoms in total. The van der Waals surface area contributed by atoms with Crippen molar-refractivity contribution in [3.63, 3.8) is 0 Å². The molecule has 0 aromatic carbocycles. The third-order valence-electron chi connectivity index (χ3n) is 2.72. The molecule has 4 N–H and O–H groups in total. The van der Waals surface area contributed by atoms with E-state index in [0.717, 1.165) is 0 Å². The number of carbonyl (C=O) groups excluding carboxylic acids is 2. The van der Waals surface area contributed by atoms with E-state index in [1.54, 1.807) is 0 Å². The Labute approximate surface area is 127 Å². The summed E-state index contributed by atoms with van der Waals surface area (Å²) in [5, 5.41) is 0.199. The molecular weight excluding hydrogens is 300 g/mol. The molecule has 0 bridgehead atoms. The van der Waals surface area contributed by atoms with E-state index in [9.17, 15) is 9.59 Å². The van der Waals surface area contributed by atoms with Crippen molar-refractivity contribution in [1.29, 1.82) is 0 Å². The summed E-state index contributed by atoms with van der Waals surface area (Å²) in [7, 11) is -3.99. The Morgan fingerprint density at radius 2 is 1.10 bits per heavy atom. The summed E-state index contributed by atoms with van der Waals surface area (Å²) in [6.07, 6.45) is 0. The summed E-state index contributed by atoms with van der Waals surface area (Å²) in [4.78, 5) is 21.6. The fraction of sp³-hybridized carbons (Fsp3) is 0.846. The van der Waals surface area contributed by atoms with Gasteiger partial charge in [-0.2, -0.15) is 0 Å². The molecule has 0 rings (SSSR count). The van der Waals surface area contributed by atoms with Gasteiger partial charge in [-0.3, -0.25) is 9.59 Å².